The van der Waals surface area contributed by atoms with Crippen molar-refractivity contribution < 1.29 is 18.4 Å². The number of halogens is 2. The maximum atomic E-state index is 14.2. The van der Waals surface area contributed by atoms with Gasteiger partial charge in [0.05, 0.1) is 12.1 Å². The van der Waals surface area contributed by atoms with Crippen molar-refractivity contribution in [1.82, 2.24) is 10.1 Å². The van der Waals surface area contributed by atoms with Gasteiger partial charge in [-0.25, -0.2) is 8.78 Å². The van der Waals surface area contributed by atoms with E-state index in [9.17, 15) is 13.9 Å². The molecular weight excluding hydrogens is 304 g/mol. The summed E-state index contributed by atoms with van der Waals surface area (Å²) in [5, 5.41) is 16.5. The third kappa shape index (κ3) is 2.93. The second kappa shape index (κ2) is 5.56. The predicted octanol–water partition coefficient (Wildman–Crippen LogP) is 3.15. The summed E-state index contributed by atoms with van der Waals surface area (Å²) in [5.74, 6) is 0.0444. The molecule has 0 unspecified atom stereocenters. The van der Waals surface area contributed by atoms with E-state index in [1.54, 1.807) is 0 Å². The molecule has 1 atom stereocenters. The Bertz CT molecular complexity index is 711. The van der Waals surface area contributed by atoms with Gasteiger partial charge in [-0.2, -0.15) is 4.98 Å². The van der Waals surface area contributed by atoms with Crippen LogP contribution in [0.1, 0.15) is 49.1 Å². The molecule has 0 saturated heterocycles. The van der Waals surface area contributed by atoms with Crippen LogP contribution in [0.15, 0.2) is 22.7 Å². The van der Waals surface area contributed by atoms with Crippen molar-refractivity contribution in [2.45, 2.75) is 43.7 Å². The molecule has 2 N–H and O–H groups in total. The maximum Gasteiger partial charge on any atom is 0.263 e. The molecule has 7 heteroatoms. The van der Waals surface area contributed by atoms with E-state index in [2.05, 4.69) is 15.5 Å². The number of hydrogen-bond donors (Lipinski definition) is 2. The Hall–Kier alpha value is -2.02. The third-order valence-electron chi connectivity index (χ3n) is 4.57. The largest absolute Gasteiger partial charge is 0.393 e. The molecule has 1 heterocycles. The van der Waals surface area contributed by atoms with Gasteiger partial charge in [-0.1, -0.05) is 6.07 Å². The molecule has 5 nitrogen and oxygen atoms in total. The molecule has 2 aliphatic carbocycles. The van der Waals surface area contributed by atoms with E-state index in [1.807, 2.05) is 0 Å². The van der Waals surface area contributed by atoms with Crippen LogP contribution < -0.4 is 5.32 Å². The second-order valence-electron chi connectivity index (χ2n) is 6.40. The summed E-state index contributed by atoms with van der Waals surface area (Å²) in [6, 6.07) is 3.09. The van der Waals surface area contributed by atoms with Gasteiger partial charge in [-0.15, -0.1) is 0 Å². The lowest BCUT2D eigenvalue weighted by Gasteiger charge is -2.38. The van der Waals surface area contributed by atoms with Crippen LogP contribution in [0.4, 0.5) is 14.7 Å². The zero-order valence-electron chi connectivity index (χ0n) is 12.4. The van der Waals surface area contributed by atoms with E-state index in [4.69, 9.17) is 4.52 Å². The van der Waals surface area contributed by atoms with E-state index < -0.39 is 17.7 Å². The normalized spacial score (nSPS) is 25.0. The fourth-order valence-electron chi connectivity index (χ4n) is 3.03. The standard InChI is InChI=1S/C16H17F2N3O2/c17-10-3-4-12(13(18)7-10)14(9-5-11(22)6-9)19-16-20-15(23-21-16)8-1-2-8/h3-4,7-9,11,14,22H,1-2,5-6H2,(H,19,21)/t9?,11?,14-/m1/s1. The van der Waals surface area contributed by atoms with Crippen molar-refractivity contribution in [2.24, 2.45) is 5.92 Å². The van der Waals surface area contributed by atoms with Gasteiger partial charge >= 0.3 is 0 Å². The van der Waals surface area contributed by atoms with E-state index >= 15 is 0 Å². The molecule has 122 valence electrons. The van der Waals surface area contributed by atoms with Crippen molar-refractivity contribution in [3.05, 3.63) is 41.3 Å². The molecule has 0 radical (unpaired) electrons. The van der Waals surface area contributed by atoms with Crippen molar-refractivity contribution in [2.75, 3.05) is 5.32 Å². The van der Waals surface area contributed by atoms with Crippen LogP contribution in [0.5, 0.6) is 0 Å². The van der Waals surface area contributed by atoms with Crippen molar-refractivity contribution in [3.63, 3.8) is 0 Å². The maximum absolute atomic E-state index is 14.2. The first-order valence-corrected chi connectivity index (χ1v) is 7.83. The molecule has 2 saturated carbocycles. The molecule has 0 aliphatic heterocycles. The van der Waals surface area contributed by atoms with E-state index in [0.29, 0.717) is 36.2 Å². The topological polar surface area (TPSA) is 71.2 Å². The number of nitrogens with one attached hydrogen (secondary N) is 1. The van der Waals surface area contributed by atoms with Crippen molar-refractivity contribution >= 4 is 5.95 Å². The molecule has 1 aromatic heterocycles. The van der Waals surface area contributed by atoms with Gasteiger partial charge in [0, 0.05) is 17.5 Å². The van der Waals surface area contributed by atoms with Gasteiger partial charge < -0.3 is 14.9 Å². The lowest BCUT2D eigenvalue weighted by atomic mass is 9.75. The van der Waals surface area contributed by atoms with E-state index in [-0.39, 0.29) is 12.0 Å². The molecular formula is C16H17F2N3O2. The lowest BCUT2D eigenvalue weighted by Crippen LogP contribution is -2.36. The highest BCUT2D eigenvalue weighted by atomic mass is 19.1. The van der Waals surface area contributed by atoms with Gasteiger partial charge in [0.15, 0.2) is 0 Å². The molecule has 2 aliphatic rings. The summed E-state index contributed by atoms with van der Waals surface area (Å²) in [5.41, 5.74) is 0.348. The zero-order valence-corrected chi connectivity index (χ0v) is 12.4. The highest BCUT2D eigenvalue weighted by molar-refractivity contribution is 5.34. The number of nitrogens with zero attached hydrogens (tertiary/aromatic N) is 2. The quantitative estimate of drug-likeness (QED) is 0.885. The predicted molar refractivity (Wildman–Crippen MR) is 77.7 cm³/mol. The Morgan fingerprint density at radius 2 is 2.04 bits per heavy atom. The van der Waals surface area contributed by atoms with Crippen molar-refractivity contribution in [3.8, 4) is 0 Å². The number of benzene rings is 1. The summed E-state index contributed by atoms with van der Waals surface area (Å²) in [6.07, 6.45) is 2.84. The Labute approximate surface area is 131 Å². The smallest absolute Gasteiger partial charge is 0.263 e. The van der Waals surface area contributed by atoms with Gasteiger partial charge in [-0.3, -0.25) is 0 Å². The number of aliphatic hydroxyl groups is 1. The molecule has 23 heavy (non-hydrogen) atoms. The van der Waals surface area contributed by atoms with Crippen LogP contribution in [0.2, 0.25) is 0 Å². The Morgan fingerprint density at radius 3 is 2.70 bits per heavy atom. The van der Waals surface area contributed by atoms with Crippen LogP contribution in [0.3, 0.4) is 0 Å². The third-order valence-corrected chi connectivity index (χ3v) is 4.57. The monoisotopic (exact) mass is 321 g/mol. The first kappa shape index (κ1) is 14.6. The van der Waals surface area contributed by atoms with Gasteiger partial charge in [0.25, 0.3) is 5.95 Å². The van der Waals surface area contributed by atoms with Gasteiger partial charge in [0.1, 0.15) is 11.6 Å². The fraction of sp³-hybridized carbons (Fsp3) is 0.500. The van der Waals surface area contributed by atoms with Crippen LogP contribution in [0.25, 0.3) is 0 Å². The lowest BCUT2D eigenvalue weighted by molar-refractivity contribution is 0.0333. The zero-order chi connectivity index (χ0) is 16.0. The van der Waals surface area contributed by atoms with Crippen LogP contribution in [0, 0.1) is 17.6 Å². The Balaban J connectivity index is 1.59. The summed E-state index contributed by atoms with van der Waals surface area (Å²) < 4.78 is 32.5. The van der Waals surface area contributed by atoms with Gasteiger partial charge in [0.2, 0.25) is 5.89 Å². The molecule has 4 rings (SSSR count). The Kier molecular flexibility index (Phi) is 3.52. The minimum Gasteiger partial charge on any atom is -0.393 e. The highest BCUT2D eigenvalue weighted by Crippen LogP contribution is 2.42. The van der Waals surface area contributed by atoms with E-state index in [0.717, 1.165) is 18.9 Å². The summed E-state index contributed by atoms with van der Waals surface area (Å²) in [7, 11) is 0. The molecule has 0 amide bonds. The number of aliphatic hydroxyl groups excluding tert-OH is 1. The number of rotatable bonds is 5. The Morgan fingerprint density at radius 1 is 1.26 bits per heavy atom. The van der Waals surface area contributed by atoms with Crippen LogP contribution >= 0.6 is 0 Å². The SMILES string of the molecule is OC1CC([C@@H](Nc2noc(C3CC3)n2)c2ccc(F)cc2F)C1. The summed E-state index contributed by atoms with van der Waals surface area (Å²) in [6.45, 7) is 0. The van der Waals surface area contributed by atoms with Crippen LogP contribution in [-0.2, 0) is 0 Å². The number of anilines is 1. The minimum absolute atomic E-state index is 0.0350. The molecule has 1 aromatic carbocycles. The first-order valence-electron chi connectivity index (χ1n) is 7.83. The summed E-state index contributed by atoms with van der Waals surface area (Å²) >= 11 is 0. The minimum atomic E-state index is -0.616. The van der Waals surface area contributed by atoms with Crippen LogP contribution in [-0.4, -0.2) is 21.4 Å². The average Bonchev–Trinajstić information content (AvgIpc) is 3.22. The van der Waals surface area contributed by atoms with Crippen molar-refractivity contribution in [1.29, 1.82) is 0 Å². The van der Waals surface area contributed by atoms with Gasteiger partial charge in [-0.05, 0) is 42.8 Å². The molecule has 0 spiro atoms. The van der Waals surface area contributed by atoms with E-state index in [1.165, 1.54) is 12.1 Å². The number of hydrogen-bond acceptors (Lipinski definition) is 5. The first-order chi connectivity index (χ1) is 11.1. The fourth-order valence-corrected chi connectivity index (χ4v) is 3.03. The molecule has 2 fully saturated rings. The average molecular weight is 321 g/mol. The molecule has 2 aromatic rings. The highest BCUT2D eigenvalue weighted by Gasteiger charge is 2.37. The summed E-state index contributed by atoms with van der Waals surface area (Å²) in [4.78, 5) is 4.30. The number of aromatic nitrogens is 2. The molecule has 0 bridgehead atoms. The second-order valence-corrected chi connectivity index (χ2v) is 6.40.